The van der Waals surface area contributed by atoms with Gasteiger partial charge in [0.1, 0.15) is 6.61 Å². The zero-order valence-electron chi connectivity index (χ0n) is 11.5. The molecule has 0 bridgehead atoms. The molecule has 104 valence electrons. The number of hydrogen-bond donors (Lipinski definition) is 1. The molecule has 1 aromatic heterocycles. The number of hydrogen-bond acceptors (Lipinski definition) is 3. The number of benzene rings is 1. The van der Waals surface area contributed by atoms with Gasteiger partial charge in [0.25, 0.3) is 0 Å². The van der Waals surface area contributed by atoms with Crippen molar-refractivity contribution in [2.45, 2.75) is 13.0 Å². The highest BCUT2D eigenvalue weighted by atomic mass is 16.5. The SMILES string of the molecule is CCOCC(=O)NC(c1ccccc1)c1ccncc1. The number of pyridine rings is 1. The first-order valence-electron chi connectivity index (χ1n) is 6.63. The number of nitrogens with one attached hydrogen (secondary N) is 1. The van der Waals surface area contributed by atoms with Crippen molar-refractivity contribution in [3.8, 4) is 0 Å². The minimum Gasteiger partial charge on any atom is -0.372 e. The molecule has 2 aromatic rings. The van der Waals surface area contributed by atoms with Crippen LogP contribution in [0.25, 0.3) is 0 Å². The molecule has 0 fully saturated rings. The molecule has 0 spiro atoms. The van der Waals surface area contributed by atoms with Crippen molar-refractivity contribution in [2.24, 2.45) is 0 Å². The third kappa shape index (κ3) is 3.90. The van der Waals surface area contributed by atoms with E-state index in [9.17, 15) is 4.79 Å². The topological polar surface area (TPSA) is 51.2 Å². The fourth-order valence-electron chi connectivity index (χ4n) is 1.96. The minimum absolute atomic E-state index is 0.0743. The lowest BCUT2D eigenvalue weighted by atomic mass is 10.00. The highest BCUT2D eigenvalue weighted by Crippen LogP contribution is 2.21. The molecule has 0 aliphatic rings. The standard InChI is InChI=1S/C16H18N2O2/c1-2-20-12-15(19)18-16(13-6-4-3-5-7-13)14-8-10-17-11-9-14/h3-11,16H,2,12H2,1H3,(H,18,19). The van der Waals surface area contributed by atoms with Crippen LogP contribution in [0.15, 0.2) is 54.9 Å². The molecule has 0 radical (unpaired) electrons. The molecule has 4 nitrogen and oxygen atoms in total. The van der Waals surface area contributed by atoms with Crippen LogP contribution in [0.4, 0.5) is 0 Å². The first-order valence-corrected chi connectivity index (χ1v) is 6.63. The number of ether oxygens (including phenoxy) is 1. The van der Waals surface area contributed by atoms with Crippen molar-refractivity contribution < 1.29 is 9.53 Å². The van der Waals surface area contributed by atoms with Gasteiger partial charge in [-0.25, -0.2) is 0 Å². The summed E-state index contributed by atoms with van der Waals surface area (Å²) in [4.78, 5) is 15.9. The monoisotopic (exact) mass is 270 g/mol. The number of aromatic nitrogens is 1. The fraction of sp³-hybridized carbons (Fsp3) is 0.250. The molecule has 2 rings (SSSR count). The summed E-state index contributed by atoms with van der Waals surface area (Å²) in [5, 5.41) is 2.99. The Labute approximate surface area is 118 Å². The largest absolute Gasteiger partial charge is 0.372 e. The molecular weight excluding hydrogens is 252 g/mol. The summed E-state index contributed by atoms with van der Waals surface area (Å²) in [5.41, 5.74) is 2.03. The van der Waals surface area contributed by atoms with E-state index in [4.69, 9.17) is 4.74 Å². The van der Waals surface area contributed by atoms with E-state index in [2.05, 4.69) is 10.3 Å². The number of nitrogens with zero attached hydrogens (tertiary/aromatic N) is 1. The Hall–Kier alpha value is -2.20. The van der Waals surface area contributed by atoms with Gasteiger partial charge in [-0.3, -0.25) is 9.78 Å². The molecule has 1 heterocycles. The zero-order valence-corrected chi connectivity index (χ0v) is 11.5. The lowest BCUT2D eigenvalue weighted by Gasteiger charge is -2.19. The zero-order chi connectivity index (χ0) is 14.2. The van der Waals surface area contributed by atoms with Gasteiger partial charge in [0.05, 0.1) is 6.04 Å². The maximum absolute atomic E-state index is 11.9. The highest BCUT2D eigenvalue weighted by Gasteiger charge is 2.16. The van der Waals surface area contributed by atoms with Crippen LogP contribution in [0.3, 0.4) is 0 Å². The Kier molecular flexibility index (Phi) is 5.26. The van der Waals surface area contributed by atoms with Crippen LogP contribution in [0, 0.1) is 0 Å². The van der Waals surface area contributed by atoms with E-state index in [0.29, 0.717) is 6.61 Å². The van der Waals surface area contributed by atoms with Gasteiger partial charge in [-0.05, 0) is 30.2 Å². The Morgan fingerprint density at radius 1 is 1.15 bits per heavy atom. The summed E-state index contributed by atoms with van der Waals surface area (Å²) in [5.74, 6) is -0.127. The second kappa shape index (κ2) is 7.40. The third-order valence-electron chi connectivity index (χ3n) is 2.91. The lowest BCUT2D eigenvalue weighted by molar-refractivity contribution is -0.126. The highest BCUT2D eigenvalue weighted by molar-refractivity contribution is 5.78. The summed E-state index contributed by atoms with van der Waals surface area (Å²) < 4.78 is 5.14. The van der Waals surface area contributed by atoms with E-state index in [0.717, 1.165) is 11.1 Å². The van der Waals surface area contributed by atoms with E-state index in [-0.39, 0.29) is 18.6 Å². The molecule has 0 saturated carbocycles. The first kappa shape index (κ1) is 14.2. The molecular formula is C16H18N2O2. The van der Waals surface area contributed by atoms with Gasteiger partial charge >= 0.3 is 0 Å². The Morgan fingerprint density at radius 3 is 2.45 bits per heavy atom. The van der Waals surface area contributed by atoms with E-state index < -0.39 is 0 Å². The van der Waals surface area contributed by atoms with Gasteiger partial charge < -0.3 is 10.1 Å². The van der Waals surface area contributed by atoms with Gasteiger partial charge in [-0.2, -0.15) is 0 Å². The van der Waals surface area contributed by atoms with Crippen LogP contribution in [-0.4, -0.2) is 24.1 Å². The number of carbonyl (C=O) groups is 1. The Bertz CT molecular complexity index is 489. The van der Waals surface area contributed by atoms with Crippen molar-refractivity contribution in [3.05, 3.63) is 66.0 Å². The van der Waals surface area contributed by atoms with Crippen molar-refractivity contribution in [2.75, 3.05) is 13.2 Å². The van der Waals surface area contributed by atoms with Crippen LogP contribution in [0.2, 0.25) is 0 Å². The summed E-state index contributed by atoms with van der Waals surface area (Å²) in [7, 11) is 0. The van der Waals surface area contributed by atoms with E-state index in [1.807, 2.05) is 49.4 Å². The maximum Gasteiger partial charge on any atom is 0.246 e. The van der Waals surface area contributed by atoms with Crippen LogP contribution in [0.5, 0.6) is 0 Å². The smallest absolute Gasteiger partial charge is 0.246 e. The second-order valence-corrected chi connectivity index (χ2v) is 4.33. The normalized spacial score (nSPS) is 11.8. The molecule has 1 unspecified atom stereocenters. The van der Waals surface area contributed by atoms with Gasteiger partial charge in [0, 0.05) is 19.0 Å². The van der Waals surface area contributed by atoms with E-state index >= 15 is 0 Å². The molecule has 1 atom stereocenters. The first-order chi connectivity index (χ1) is 9.81. The number of amides is 1. The minimum atomic E-state index is -0.188. The molecule has 0 saturated heterocycles. The third-order valence-corrected chi connectivity index (χ3v) is 2.91. The Morgan fingerprint density at radius 2 is 1.80 bits per heavy atom. The second-order valence-electron chi connectivity index (χ2n) is 4.33. The molecule has 1 amide bonds. The number of rotatable bonds is 6. The molecule has 1 aromatic carbocycles. The van der Waals surface area contributed by atoms with Crippen molar-refractivity contribution in [1.82, 2.24) is 10.3 Å². The van der Waals surface area contributed by atoms with Crippen LogP contribution >= 0.6 is 0 Å². The summed E-state index contributed by atoms with van der Waals surface area (Å²) in [6, 6.07) is 13.5. The summed E-state index contributed by atoms with van der Waals surface area (Å²) in [6.45, 7) is 2.47. The van der Waals surface area contributed by atoms with Gasteiger partial charge in [0.15, 0.2) is 0 Å². The quantitative estimate of drug-likeness (QED) is 0.876. The van der Waals surface area contributed by atoms with Crippen molar-refractivity contribution >= 4 is 5.91 Å². The van der Waals surface area contributed by atoms with Crippen LogP contribution < -0.4 is 5.32 Å². The molecule has 1 N–H and O–H groups in total. The fourth-order valence-corrected chi connectivity index (χ4v) is 1.96. The van der Waals surface area contributed by atoms with Gasteiger partial charge in [-0.1, -0.05) is 30.3 Å². The van der Waals surface area contributed by atoms with E-state index in [1.54, 1.807) is 12.4 Å². The number of carbonyl (C=O) groups excluding carboxylic acids is 1. The van der Waals surface area contributed by atoms with Gasteiger partial charge in [0.2, 0.25) is 5.91 Å². The summed E-state index contributed by atoms with van der Waals surface area (Å²) in [6.07, 6.45) is 3.44. The maximum atomic E-state index is 11.9. The Balaban J connectivity index is 2.19. The average molecular weight is 270 g/mol. The van der Waals surface area contributed by atoms with Crippen molar-refractivity contribution in [3.63, 3.8) is 0 Å². The van der Waals surface area contributed by atoms with Crippen LogP contribution in [-0.2, 0) is 9.53 Å². The molecule has 4 heteroatoms. The van der Waals surface area contributed by atoms with Crippen LogP contribution in [0.1, 0.15) is 24.1 Å². The predicted octanol–water partition coefficient (Wildman–Crippen LogP) is 2.32. The molecule has 0 aliphatic carbocycles. The molecule has 0 aliphatic heterocycles. The van der Waals surface area contributed by atoms with Gasteiger partial charge in [-0.15, -0.1) is 0 Å². The summed E-state index contributed by atoms with van der Waals surface area (Å²) >= 11 is 0. The average Bonchev–Trinajstić information content (AvgIpc) is 2.52. The molecule has 20 heavy (non-hydrogen) atoms. The lowest BCUT2D eigenvalue weighted by Crippen LogP contribution is -2.32. The van der Waals surface area contributed by atoms with E-state index in [1.165, 1.54) is 0 Å². The van der Waals surface area contributed by atoms with Crippen molar-refractivity contribution in [1.29, 1.82) is 0 Å². The predicted molar refractivity (Wildman–Crippen MR) is 77.2 cm³/mol.